The number of carbonyl (C=O) groups excluding carboxylic acids is 1. The van der Waals surface area contributed by atoms with Crippen LogP contribution in [0.4, 0.5) is 5.82 Å². The van der Waals surface area contributed by atoms with Crippen LogP contribution in [0.3, 0.4) is 0 Å². The number of halogens is 1. The van der Waals surface area contributed by atoms with Crippen LogP contribution in [0.5, 0.6) is 0 Å². The minimum absolute atomic E-state index is 0.0613. The molecular formula is C7H10ClN5O. The molecule has 0 spiro atoms. The van der Waals surface area contributed by atoms with Crippen molar-refractivity contribution in [3.8, 4) is 0 Å². The maximum Gasteiger partial charge on any atom is 0.244 e. The average molecular weight is 216 g/mol. The van der Waals surface area contributed by atoms with Crippen LogP contribution in [0.1, 0.15) is 0 Å². The Labute approximate surface area is 86.3 Å². The lowest BCUT2D eigenvalue weighted by Gasteiger charge is -2.15. The fourth-order valence-corrected chi connectivity index (χ4v) is 0.964. The molecule has 0 aliphatic carbocycles. The Morgan fingerprint density at radius 1 is 1.71 bits per heavy atom. The SMILES string of the molecule is CNC(=O)CN(C)c1cnnc(Cl)n1. The number of hydrogen-bond acceptors (Lipinski definition) is 5. The van der Waals surface area contributed by atoms with Gasteiger partial charge in [-0.15, -0.1) is 5.10 Å². The Morgan fingerprint density at radius 2 is 2.43 bits per heavy atom. The van der Waals surface area contributed by atoms with Crippen molar-refractivity contribution in [1.29, 1.82) is 0 Å². The third-order valence-electron chi connectivity index (χ3n) is 1.57. The molecule has 1 aromatic heterocycles. The van der Waals surface area contributed by atoms with Gasteiger partial charge in [0.25, 0.3) is 0 Å². The smallest absolute Gasteiger partial charge is 0.244 e. The summed E-state index contributed by atoms with van der Waals surface area (Å²) in [4.78, 5) is 16.6. The van der Waals surface area contributed by atoms with Crippen molar-refractivity contribution >= 4 is 23.3 Å². The summed E-state index contributed by atoms with van der Waals surface area (Å²) in [5, 5.41) is 9.68. The number of nitrogens with zero attached hydrogens (tertiary/aromatic N) is 4. The largest absolute Gasteiger partial charge is 0.358 e. The highest BCUT2D eigenvalue weighted by atomic mass is 35.5. The highest BCUT2D eigenvalue weighted by Gasteiger charge is 2.07. The van der Waals surface area contributed by atoms with Gasteiger partial charge in [0.1, 0.15) is 0 Å². The second-order valence-corrected chi connectivity index (χ2v) is 2.95. The highest BCUT2D eigenvalue weighted by molar-refractivity contribution is 6.28. The lowest BCUT2D eigenvalue weighted by Crippen LogP contribution is -2.33. The maximum absolute atomic E-state index is 11.0. The summed E-state index contributed by atoms with van der Waals surface area (Å²) >= 11 is 5.55. The van der Waals surface area contributed by atoms with Gasteiger partial charge < -0.3 is 10.2 Å². The summed E-state index contributed by atoms with van der Waals surface area (Å²) in [6.45, 7) is 0.200. The molecule has 14 heavy (non-hydrogen) atoms. The number of carbonyl (C=O) groups is 1. The molecule has 0 saturated carbocycles. The molecule has 0 aliphatic rings. The summed E-state index contributed by atoms with van der Waals surface area (Å²) < 4.78 is 0. The quantitative estimate of drug-likeness (QED) is 0.750. The topological polar surface area (TPSA) is 71.0 Å². The number of nitrogens with one attached hydrogen (secondary N) is 1. The molecule has 0 fully saturated rings. The van der Waals surface area contributed by atoms with Gasteiger partial charge in [-0.3, -0.25) is 4.79 Å². The molecule has 1 rings (SSSR count). The molecule has 0 bridgehead atoms. The van der Waals surface area contributed by atoms with Crippen LogP contribution in [0, 0.1) is 0 Å². The molecule has 0 aliphatic heterocycles. The van der Waals surface area contributed by atoms with Crippen LogP contribution < -0.4 is 10.2 Å². The second-order valence-electron chi connectivity index (χ2n) is 2.61. The molecule has 1 amide bonds. The Hall–Kier alpha value is -1.43. The number of likely N-dealkylation sites (N-methyl/N-ethyl adjacent to an activating group) is 2. The van der Waals surface area contributed by atoms with E-state index in [1.807, 2.05) is 0 Å². The predicted octanol–water partition coefficient (Wildman–Crippen LogP) is -0.293. The first kappa shape index (κ1) is 10.6. The standard InChI is InChI=1S/C7H10ClN5O/c1-9-6(14)4-13(2)5-3-10-12-7(8)11-5/h3H,4H2,1-2H3,(H,9,14). The van der Waals surface area contributed by atoms with E-state index in [1.165, 1.54) is 6.20 Å². The third kappa shape index (κ3) is 2.81. The van der Waals surface area contributed by atoms with Gasteiger partial charge in [0.2, 0.25) is 11.2 Å². The van der Waals surface area contributed by atoms with E-state index in [1.54, 1.807) is 19.0 Å². The average Bonchev–Trinajstić information content (AvgIpc) is 2.17. The van der Waals surface area contributed by atoms with E-state index in [-0.39, 0.29) is 17.7 Å². The van der Waals surface area contributed by atoms with Gasteiger partial charge in [0, 0.05) is 14.1 Å². The molecular weight excluding hydrogens is 206 g/mol. The predicted molar refractivity (Wildman–Crippen MR) is 52.2 cm³/mol. The van der Waals surface area contributed by atoms with Gasteiger partial charge >= 0.3 is 0 Å². The minimum Gasteiger partial charge on any atom is -0.358 e. The number of rotatable bonds is 3. The number of anilines is 1. The first-order valence-corrected chi connectivity index (χ1v) is 4.28. The second kappa shape index (κ2) is 4.71. The molecule has 1 N–H and O–H groups in total. The Kier molecular flexibility index (Phi) is 3.58. The van der Waals surface area contributed by atoms with E-state index in [4.69, 9.17) is 11.6 Å². The molecule has 0 saturated heterocycles. The highest BCUT2D eigenvalue weighted by Crippen LogP contribution is 2.07. The zero-order valence-electron chi connectivity index (χ0n) is 7.86. The van der Waals surface area contributed by atoms with Crippen molar-refractivity contribution in [3.05, 3.63) is 11.5 Å². The number of amides is 1. The van der Waals surface area contributed by atoms with E-state index >= 15 is 0 Å². The number of hydrogen-bond donors (Lipinski definition) is 1. The van der Waals surface area contributed by atoms with Crippen molar-refractivity contribution in [3.63, 3.8) is 0 Å². The van der Waals surface area contributed by atoms with Crippen molar-refractivity contribution in [1.82, 2.24) is 20.5 Å². The van der Waals surface area contributed by atoms with E-state index < -0.39 is 0 Å². The lowest BCUT2D eigenvalue weighted by molar-refractivity contribution is -0.119. The Bertz CT molecular complexity index is 332. The lowest BCUT2D eigenvalue weighted by atomic mass is 10.5. The van der Waals surface area contributed by atoms with Crippen LogP contribution in [0.2, 0.25) is 5.28 Å². The summed E-state index contributed by atoms with van der Waals surface area (Å²) in [6.07, 6.45) is 1.44. The van der Waals surface area contributed by atoms with Gasteiger partial charge in [-0.25, -0.2) is 0 Å². The van der Waals surface area contributed by atoms with Gasteiger partial charge in [-0.05, 0) is 11.6 Å². The Balaban J connectivity index is 2.69. The maximum atomic E-state index is 11.0. The normalized spacial score (nSPS) is 9.64. The van der Waals surface area contributed by atoms with Gasteiger partial charge in [0.15, 0.2) is 5.82 Å². The third-order valence-corrected chi connectivity index (χ3v) is 1.73. The molecule has 6 nitrogen and oxygen atoms in total. The molecule has 0 radical (unpaired) electrons. The van der Waals surface area contributed by atoms with Crippen LogP contribution in [0.25, 0.3) is 0 Å². The van der Waals surface area contributed by atoms with Crippen LogP contribution >= 0.6 is 11.6 Å². The fourth-order valence-electron chi connectivity index (χ4n) is 0.833. The van der Waals surface area contributed by atoms with Crippen molar-refractivity contribution in [2.75, 3.05) is 25.5 Å². The van der Waals surface area contributed by atoms with E-state index in [2.05, 4.69) is 20.5 Å². The molecule has 0 atom stereocenters. The van der Waals surface area contributed by atoms with Crippen molar-refractivity contribution in [2.45, 2.75) is 0 Å². The summed E-state index contributed by atoms with van der Waals surface area (Å²) in [7, 11) is 3.29. The van der Waals surface area contributed by atoms with Crippen LogP contribution in [0.15, 0.2) is 6.20 Å². The van der Waals surface area contributed by atoms with Gasteiger partial charge in [0.05, 0.1) is 12.7 Å². The van der Waals surface area contributed by atoms with E-state index in [0.29, 0.717) is 5.82 Å². The van der Waals surface area contributed by atoms with Gasteiger partial charge in [-0.2, -0.15) is 10.1 Å². The first-order valence-electron chi connectivity index (χ1n) is 3.90. The summed E-state index contributed by atoms with van der Waals surface area (Å²) in [5.74, 6) is 0.399. The Morgan fingerprint density at radius 3 is 3.00 bits per heavy atom. The fraction of sp³-hybridized carbons (Fsp3) is 0.429. The van der Waals surface area contributed by atoms with E-state index in [0.717, 1.165) is 0 Å². The van der Waals surface area contributed by atoms with Crippen molar-refractivity contribution in [2.24, 2.45) is 0 Å². The summed E-state index contributed by atoms with van der Waals surface area (Å²) in [5.41, 5.74) is 0. The zero-order chi connectivity index (χ0) is 10.6. The molecule has 0 unspecified atom stereocenters. The van der Waals surface area contributed by atoms with Crippen LogP contribution in [-0.4, -0.2) is 41.7 Å². The zero-order valence-corrected chi connectivity index (χ0v) is 8.62. The van der Waals surface area contributed by atoms with Gasteiger partial charge in [-0.1, -0.05) is 0 Å². The van der Waals surface area contributed by atoms with Crippen molar-refractivity contribution < 1.29 is 4.79 Å². The molecule has 0 aromatic carbocycles. The molecule has 1 aromatic rings. The van der Waals surface area contributed by atoms with Crippen LogP contribution in [-0.2, 0) is 4.79 Å². The first-order chi connectivity index (χ1) is 6.63. The monoisotopic (exact) mass is 215 g/mol. The minimum atomic E-state index is -0.109. The molecule has 76 valence electrons. The molecule has 7 heteroatoms. The number of aromatic nitrogens is 3. The van der Waals surface area contributed by atoms with E-state index in [9.17, 15) is 4.79 Å². The molecule has 1 heterocycles. The summed E-state index contributed by atoms with van der Waals surface area (Å²) in [6, 6.07) is 0.